The fourth-order valence-corrected chi connectivity index (χ4v) is 2.51. The zero-order valence-electron chi connectivity index (χ0n) is 12.7. The van der Waals surface area contributed by atoms with E-state index in [1.54, 1.807) is 61.5 Å². The zero-order chi connectivity index (χ0) is 17.3. The highest BCUT2D eigenvalue weighted by Crippen LogP contribution is 2.22. The lowest BCUT2D eigenvalue weighted by molar-refractivity contribution is -0.123. The number of benzene rings is 2. The molecule has 24 heavy (non-hydrogen) atoms. The molecule has 0 aromatic heterocycles. The maximum atomic E-state index is 12.5. The number of amides is 2. The second-order valence-corrected chi connectivity index (χ2v) is 6.10. The topological polar surface area (TPSA) is 49.7 Å². The standard InChI is InChI=1S/C18H12Cl2N2O2/c1-11-16(10-12-2-6-14(19)7-3-12)18(24)22(21-11)17(23)13-4-8-15(20)9-5-13/h2-10H,1H3. The van der Waals surface area contributed by atoms with Crippen LogP contribution in [0.4, 0.5) is 0 Å². The third-order valence-electron chi connectivity index (χ3n) is 3.53. The number of hydrazone groups is 1. The summed E-state index contributed by atoms with van der Waals surface area (Å²) in [6.07, 6.45) is 1.69. The summed E-state index contributed by atoms with van der Waals surface area (Å²) in [5, 5.41) is 6.09. The third kappa shape index (κ3) is 3.25. The van der Waals surface area contributed by atoms with E-state index in [0.29, 0.717) is 26.9 Å². The van der Waals surface area contributed by atoms with Crippen LogP contribution in [0, 0.1) is 0 Å². The fraction of sp³-hybridized carbons (Fsp3) is 0.0556. The van der Waals surface area contributed by atoms with E-state index in [-0.39, 0.29) is 0 Å². The molecule has 0 bridgehead atoms. The van der Waals surface area contributed by atoms with Gasteiger partial charge in [-0.1, -0.05) is 35.3 Å². The van der Waals surface area contributed by atoms with Crippen LogP contribution in [-0.2, 0) is 4.79 Å². The second kappa shape index (κ2) is 6.59. The summed E-state index contributed by atoms with van der Waals surface area (Å²) in [5.74, 6) is -0.946. The molecule has 120 valence electrons. The van der Waals surface area contributed by atoms with Gasteiger partial charge in [0.15, 0.2) is 0 Å². The molecular weight excluding hydrogens is 347 g/mol. The van der Waals surface area contributed by atoms with Crippen molar-refractivity contribution in [2.45, 2.75) is 6.92 Å². The van der Waals surface area contributed by atoms with Crippen LogP contribution in [-0.4, -0.2) is 22.5 Å². The Morgan fingerprint density at radius 2 is 1.54 bits per heavy atom. The van der Waals surface area contributed by atoms with Crippen molar-refractivity contribution in [3.8, 4) is 0 Å². The first-order valence-corrected chi connectivity index (χ1v) is 7.88. The number of imide groups is 1. The minimum atomic E-state index is -0.490. The lowest BCUT2D eigenvalue weighted by atomic mass is 10.1. The average molecular weight is 359 g/mol. The van der Waals surface area contributed by atoms with Crippen LogP contribution >= 0.6 is 23.2 Å². The van der Waals surface area contributed by atoms with E-state index in [0.717, 1.165) is 10.6 Å². The summed E-state index contributed by atoms with van der Waals surface area (Å²) in [7, 11) is 0. The van der Waals surface area contributed by atoms with Gasteiger partial charge in [-0.15, -0.1) is 0 Å². The molecule has 0 saturated heterocycles. The lowest BCUT2D eigenvalue weighted by Gasteiger charge is -2.09. The first-order valence-electron chi connectivity index (χ1n) is 7.13. The number of nitrogens with zero attached hydrogens (tertiary/aromatic N) is 2. The molecule has 1 heterocycles. The van der Waals surface area contributed by atoms with E-state index < -0.39 is 11.8 Å². The normalized spacial score (nSPS) is 15.8. The molecular formula is C18H12Cl2N2O2. The van der Waals surface area contributed by atoms with Crippen LogP contribution in [0.3, 0.4) is 0 Å². The van der Waals surface area contributed by atoms with E-state index in [4.69, 9.17) is 23.2 Å². The van der Waals surface area contributed by atoms with Gasteiger partial charge in [0.25, 0.3) is 11.8 Å². The number of rotatable bonds is 2. The Hall–Kier alpha value is -2.43. The minimum Gasteiger partial charge on any atom is -0.267 e. The highest BCUT2D eigenvalue weighted by molar-refractivity contribution is 6.32. The molecule has 0 unspecified atom stereocenters. The van der Waals surface area contributed by atoms with Crippen LogP contribution in [0.2, 0.25) is 10.0 Å². The van der Waals surface area contributed by atoms with E-state index in [2.05, 4.69) is 5.10 Å². The molecule has 0 saturated carbocycles. The van der Waals surface area contributed by atoms with Gasteiger partial charge in [-0.05, 0) is 55.0 Å². The Morgan fingerprint density at radius 1 is 1.00 bits per heavy atom. The number of hydrogen-bond donors (Lipinski definition) is 0. The van der Waals surface area contributed by atoms with Crippen molar-refractivity contribution in [2.75, 3.05) is 0 Å². The van der Waals surface area contributed by atoms with Crippen molar-refractivity contribution in [2.24, 2.45) is 5.10 Å². The van der Waals surface area contributed by atoms with Crippen LogP contribution in [0.25, 0.3) is 6.08 Å². The molecule has 0 spiro atoms. The van der Waals surface area contributed by atoms with Gasteiger partial charge in [-0.2, -0.15) is 10.1 Å². The quantitative estimate of drug-likeness (QED) is 0.588. The highest BCUT2D eigenvalue weighted by atomic mass is 35.5. The summed E-state index contributed by atoms with van der Waals surface area (Å²) in [5.41, 5.74) is 2.01. The third-order valence-corrected chi connectivity index (χ3v) is 4.03. The Balaban J connectivity index is 1.88. The van der Waals surface area contributed by atoms with Crippen molar-refractivity contribution in [3.05, 3.63) is 75.3 Å². The molecule has 1 aliphatic rings. The molecule has 2 amide bonds. The van der Waals surface area contributed by atoms with E-state index in [9.17, 15) is 9.59 Å². The molecule has 6 heteroatoms. The molecule has 0 N–H and O–H groups in total. The van der Waals surface area contributed by atoms with E-state index in [1.165, 1.54) is 0 Å². The number of hydrogen-bond acceptors (Lipinski definition) is 3. The summed E-state index contributed by atoms with van der Waals surface area (Å²) >= 11 is 11.7. The van der Waals surface area contributed by atoms with Gasteiger partial charge in [0.1, 0.15) is 0 Å². The predicted molar refractivity (Wildman–Crippen MR) is 95.2 cm³/mol. The van der Waals surface area contributed by atoms with Crippen molar-refractivity contribution < 1.29 is 9.59 Å². The zero-order valence-corrected chi connectivity index (χ0v) is 14.2. The average Bonchev–Trinajstić information content (AvgIpc) is 2.85. The molecule has 0 radical (unpaired) electrons. The SMILES string of the molecule is CC1=NN(C(=O)c2ccc(Cl)cc2)C(=O)C1=Cc1ccc(Cl)cc1. The minimum absolute atomic E-state index is 0.344. The summed E-state index contributed by atoms with van der Waals surface area (Å²) in [6.45, 7) is 1.69. The highest BCUT2D eigenvalue weighted by Gasteiger charge is 2.32. The Labute approximate surface area is 149 Å². The maximum Gasteiger partial charge on any atom is 0.283 e. The van der Waals surface area contributed by atoms with Crippen LogP contribution in [0.1, 0.15) is 22.8 Å². The lowest BCUT2D eigenvalue weighted by Crippen LogP contribution is -2.29. The molecule has 2 aromatic carbocycles. The van der Waals surface area contributed by atoms with Crippen molar-refractivity contribution in [3.63, 3.8) is 0 Å². The maximum absolute atomic E-state index is 12.5. The summed E-state index contributed by atoms with van der Waals surface area (Å²) in [4.78, 5) is 25.0. The largest absolute Gasteiger partial charge is 0.283 e. The van der Waals surface area contributed by atoms with Gasteiger partial charge in [0, 0.05) is 15.6 Å². The van der Waals surface area contributed by atoms with Gasteiger partial charge in [0.2, 0.25) is 0 Å². The first-order chi connectivity index (χ1) is 11.5. The molecule has 0 fully saturated rings. The van der Waals surface area contributed by atoms with Crippen LogP contribution in [0.5, 0.6) is 0 Å². The molecule has 1 aliphatic heterocycles. The first kappa shape index (κ1) is 16.4. The number of carbonyl (C=O) groups excluding carboxylic acids is 2. The monoisotopic (exact) mass is 358 g/mol. The van der Waals surface area contributed by atoms with Gasteiger partial charge in [-0.25, -0.2) is 0 Å². The molecule has 0 aliphatic carbocycles. The van der Waals surface area contributed by atoms with Crippen LogP contribution in [0.15, 0.2) is 59.2 Å². The smallest absolute Gasteiger partial charge is 0.267 e. The molecule has 2 aromatic rings. The van der Waals surface area contributed by atoms with Gasteiger partial charge >= 0.3 is 0 Å². The summed E-state index contributed by atoms with van der Waals surface area (Å²) < 4.78 is 0. The predicted octanol–water partition coefficient (Wildman–Crippen LogP) is 4.44. The van der Waals surface area contributed by atoms with Gasteiger partial charge in [0.05, 0.1) is 11.3 Å². The van der Waals surface area contributed by atoms with Crippen molar-refractivity contribution >= 4 is 46.8 Å². The van der Waals surface area contributed by atoms with Crippen LogP contribution < -0.4 is 0 Å². The van der Waals surface area contributed by atoms with Crippen molar-refractivity contribution in [1.82, 2.24) is 5.01 Å². The molecule has 0 atom stereocenters. The molecule has 3 rings (SSSR count). The Morgan fingerprint density at radius 3 is 2.12 bits per heavy atom. The Kier molecular flexibility index (Phi) is 4.51. The van der Waals surface area contributed by atoms with Gasteiger partial charge in [-0.3, -0.25) is 9.59 Å². The second-order valence-electron chi connectivity index (χ2n) is 5.22. The Bertz CT molecular complexity index is 869. The summed E-state index contributed by atoms with van der Waals surface area (Å²) in [6, 6.07) is 13.4. The number of carbonyl (C=O) groups is 2. The molecule has 4 nitrogen and oxygen atoms in total. The van der Waals surface area contributed by atoms with E-state index in [1.807, 2.05) is 0 Å². The van der Waals surface area contributed by atoms with E-state index >= 15 is 0 Å². The fourth-order valence-electron chi connectivity index (χ4n) is 2.26. The van der Waals surface area contributed by atoms with Crippen molar-refractivity contribution in [1.29, 1.82) is 0 Å². The number of halogens is 2. The van der Waals surface area contributed by atoms with Gasteiger partial charge < -0.3 is 0 Å².